The number of aliphatic carboxylic acids is 1. The van der Waals surface area contributed by atoms with Crippen LogP contribution in [-0.2, 0) is 14.3 Å². The lowest BCUT2D eigenvalue weighted by atomic mass is 10.2. The smallest absolute Gasteiger partial charge is 0.319 e. The number of carboxylic acids is 1. The first-order valence-electron chi connectivity index (χ1n) is 4.20. The number of fused-ring (bicyclic) bond motifs is 1. The van der Waals surface area contributed by atoms with Gasteiger partial charge >= 0.3 is 5.97 Å². The van der Waals surface area contributed by atoms with Crippen LogP contribution in [0.25, 0.3) is 0 Å². The van der Waals surface area contributed by atoms with E-state index < -0.39 is 17.0 Å². The van der Waals surface area contributed by atoms with Gasteiger partial charge in [0.2, 0.25) is 0 Å². The van der Waals surface area contributed by atoms with Crippen LogP contribution < -0.4 is 0 Å². The minimum absolute atomic E-state index is 0.0545. The van der Waals surface area contributed by atoms with E-state index in [4.69, 9.17) is 14.6 Å². The maximum absolute atomic E-state index is 10.8. The first-order valence-corrected chi connectivity index (χ1v) is 5.24. The van der Waals surface area contributed by atoms with Crippen LogP contribution in [0.4, 0.5) is 0 Å². The number of rotatable bonds is 1. The summed E-state index contributed by atoms with van der Waals surface area (Å²) >= 11 is 1.39. The van der Waals surface area contributed by atoms with Crippen molar-refractivity contribution in [2.45, 2.75) is 37.1 Å². The highest BCUT2D eigenvalue weighted by Crippen LogP contribution is 2.41. The Morgan fingerprint density at radius 2 is 2.23 bits per heavy atom. The number of carbonyl (C=O) groups is 1. The number of hydrogen-bond donors (Lipinski definition) is 1. The molecule has 0 spiro atoms. The van der Waals surface area contributed by atoms with Gasteiger partial charge in [-0.2, -0.15) is 0 Å². The summed E-state index contributed by atoms with van der Waals surface area (Å²) in [7, 11) is 0. The summed E-state index contributed by atoms with van der Waals surface area (Å²) in [5.41, 5.74) is 0. The lowest BCUT2D eigenvalue weighted by Crippen LogP contribution is -2.33. The average molecular weight is 204 g/mol. The summed E-state index contributed by atoms with van der Waals surface area (Å²) in [5.74, 6) is -0.714. The van der Waals surface area contributed by atoms with E-state index in [0.29, 0.717) is 5.75 Å². The van der Waals surface area contributed by atoms with Crippen LogP contribution in [0.1, 0.15) is 13.8 Å². The molecule has 13 heavy (non-hydrogen) atoms. The molecule has 0 bridgehead atoms. The van der Waals surface area contributed by atoms with Crippen LogP contribution in [0.15, 0.2) is 0 Å². The van der Waals surface area contributed by atoms with Crippen molar-refractivity contribution in [2.24, 2.45) is 0 Å². The molecule has 2 aliphatic heterocycles. The Morgan fingerprint density at radius 1 is 1.54 bits per heavy atom. The van der Waals surface area contributed by atoms with E-state index in [1.165, 1.54) is 11.8 Å². The minimum Gasteiger partial charge on any atom is -0.480 e. The van der Waals surface area contributed by atoms with E-state index in [-0.39, 0.29) is 12.2 Å². The number of thioether (sulfide) groups is 1. The molecule has 0 radical (unpaired) electrons. The number of ether oxygens (including phenoxy) is 2. The van der Waals surface area contributed by atoms with Crippen molar-refractivity contribution in [2.75, 3.05) is 5.75 Å². The van der Waals surface area contributed by atoms with Crippen molar-refractivity contribution in [3.63, 3.8) is 0 Å². The molecule has 1 N–H and O–H groups in total. The summed E-state index contributed by atoms with van der Waals surface area (Å²) in [6.45, 7) is 3.63. The van der Waals surface area contributed by atoms with Gasteiger partial charge in [-0.05, 0) is 13.8 Å². The van der Waals surface area contributed by atoms with Gasteiger partial charge in [-0.3, -0.25) is 4.79 Å². The minimum atomic E-state index is -0.807. The molecule has 0 aromatic heterocycles. The van der Waals surface area contributed by atoms with E-state index in [9.17, 15) is 4.79 Å². The largest absolute Gasteiger partial charge is 0.480 e. The number of carboxylic acid groups (broad SMARTS) is 1. The van der Waals surface area contributed by atoms with Gasteiger partial charge < -0.3 is 14.6 Å². The fourth-order valence-electron chi connectivity index (χ4n) is 1.75. The molecule has 5 heteroatoms. The molecule has 3 unspecified atom stereocenters. The molecule has 2 fully saturated rings. The van der Waals surface area contributed by atoms with E-state index >= 15 is 0 Å². The highest BCUT2D eigenvalue weighted by atomic mass is 32.2. The fraction of sp³-hybridized carbons (Fsp3) is 0.875. The molecule has 2 heterocycles. The van der Waals surface area contributed by atoms with Crippen LogP contribution >= 0.6 is 11.8 Å². The average Bonchev–Trinajstić information content (AvgIpc) is 2.41. The predicted molar refractivity (Wildman–Crippen MR) is 47.7 cm³/mol. The van der Waals surface area contributed by atoms with Crippen molar-refractivity contribution < 1.29 is 19.4 Å². The third-order valence-electron chi connectivity index (χ3n) is 2.20. The molecule has 0 saturated carbocycles. The summed E-state index contributed by atoms with van der Waals surface area (Å²) in [6, 6.07) is 0. The van der Waals surface area contributed by atoms with Crippen molar-refractivity contribution in [1.82, 2.24) is 0 Å². The van der Waals surface area contributed by atoms with Gasteiger partial charge in [-0.1, -0.05) is 0 Å². The second-order valence-corrected chi connectivity index (χ2v) is 4.91. The van der Waals surface area contributed by atoms with Crippen molar-refractivity contribution >= 4 is 17.7 Å². The Morgan fingerprint density at radius 3 is 2.85 bits per heavy atom. The third-order valence-corrected chi connectivity index (χ3v) is 3.55. The molecule has 4 nitrogen and oxygen atoms in total. The molecule has 0 aromatic carbocycles. The zero-order chi connectivity index (χ0) is 9.64. The van der Waals surface area contributed by atoms with Gasteiger partial charge in [0.15, 0.2) is 5.79 Å². The first-order chi connectivity index (χ1) is 5.99. The fourth-order valence-corrected chi connectivity index (χ4v) is 2.97. The quantitative estimate of drug-likeness (QED) is 0.681. The summed E-state index contributed by atoms with van der Waals surface area (Å²) in [6.07, 6.45) is -0.335. The predicted octanol–water partition coefficient (Wildman–Crippen LogP) is 0.706. The lowest BCUT2D eigenvalue weighted by Gasteiger charge is -2.19. The lowest BCUT2D eigenvalue weighted by molar-refractivity contribution is -0.151. The first kappa shape index (κ1) is 9.30. The van der Waals surface area contributed by atoms with Gasteiger partial charge in [0.05, 0.1) is 6.10 Å². The summed E-state index contributed by atoms with van der Waals surface area (Å²) < 4.78 is 11.1. The maximum Gasteiger partial charge on any atom is 0.319 e. The van der Waals surface area contributed by atoms with Crippen LogP contribution in [0, 0.1) is 0 Å². The van der Waals surface area contributed by atoms with Crippen LogP contribution in [0.5, 0.6) is 0 Å². The monoisotopic (exact) mass is 204 g/mol. The molecule has 3 atom stereocenters. The molecular formula is C8H12O4S. The topological polar surface area (TPSA) is 55.8 Å². The summed E-state index contributed by atoms with van der Waals surface area (Å²) in [4.78, 5) is 10.8. The second-order valence-electron chi connectivity index (χ2n) is 3.73. The Bertz CT molecular complexity index is 240. The van der Waals surface area contributed by atoms with Crippen molar-refractivity contribution in [3.05, 3.63) is 0 Å². The molecular weight excluding hydrogens is 192 g/mol. The van der Waals surface area contributed by atoms with Crippen LogP contribution in [0.2, 0.25) is 0 Å². The normalized spacial score (nSPS) is 41.8. The zero-order valence-corrected chi connectivity index (χ0v) is 8.34. The van der Waals surface area contributed by atoms with E-state index in [1.54, 1.807) is 0 Å². The molecule has 74 valence electrons. The van der Waals surface area contributed by atoms with Gasteiger partial charge in [-0.25, -0.2) is 0 Å². The van der Waals surface area contributed by atoms with E-state index in [0.717, 1.165) is 0 Å². The van der Waals surface area contributed by atoms with Gasteiger partial charge in [-0.15, -0.1) is 11.8 Å². The Kier molecular flexibility index (Phi) is 2.05. The van der Waals surface area contributed by atoms with E-state index in [2.05, 4.69) is 0 Å². The van der Waals surface area contributed by atoms with Crippen LogP contribution in [-0.4, -0.2) is 40.1 Å². The van der Waals surface area contributed by atoms with Gasteiger partial charge in [0.1, 0.15) is 11.4 Å². The highest BCUT2D eigenvalue weighted by molar-refractivity contribution is 8.01. The Balaban J connectivity index is 2.12. The molecule has 0 aromatic rings. The Labute approximate surface area is 80.6 Å². The molecule has 2 aliphatic rings. The molecule has 2 saturated heterocycles. The highest BCUT2D eigenvalue weighted by Gasteiger charge is 2.52. The van der Waals surface area contributed by atoms with E-state index in [1.807, 2.05) is 13.8 Å². The third kappa shape index (κ3) is 1.56. The SMILES string of the molecule is CC1(C)OC2CSC(C(=O)O)C2O1. The van der Waals surface area contributed by atoms with Gasteiger partial charge in [0.25, 0.3) is 0 Å². The van der Waals surface area contributed by atoms with Crippen molar-refractivity contribution in [3.8, 4) is 0 Å². The standard InChI is InChI=1S/C8H12O4S/c1-8(2)11-4-3-13-6(7(9)10)5(4)12-8/h4-6H,3H2,1-2H3,(H,9,10). The van der Waals surface area contributed by atoms with Crippen molar-refractivity contribution in [1.29, 1.82) is 0 Å². The van der Waals surface area contributed by atoms with Gasteiger partial charge in [0, 0.05) is 5.75 Å². The second kappa shape index (κ2) is 2.87. The molecule has 0 amide bonds. The Hall–Kier alpha value is -0.260. The summed E-state index contributed by atoms with van der Waals surface area (Å²) in [5, 5.41) is 8.41. The number of hydrogen-bond acceptors (Lipinski definition) is 4. The molecule has 2 rings (SSSR count). The maximum atomic E-state index is 10.8. The molecule has 0 aliphatic carbocycles. The zero-order valence-electron chi connectivity index (χ0n) is 7.52. The van der Waals surface area contributed by atoms with Crippen LogP contribution in [0.3, 0.4) is 0 Å².